The first-order valence-electron chi connectivity index (χ1n) is 5.10. The molecule has 0 radical (unpaired) electrons. The van der Waals surface area contributed by atoms with Gasteiger partial charge in [0.25, 0.3) is 0 Å². The highest BCUT2D eigenvalue weighted by atomic mass is 16.3. The van der Waals surface area contributed by atoms with Crippen LogP contribution in [0.4, 0.5) is 0 Å². The molecular weight excluding hydrogens is 148 g/mol. The molecule has 0 amide bonds. The number of unbranched alkanes of at least 4 members (excludes halogenated alkanes) is 4. The van der Waals surface area contributed by atoms with Crippen LogP contribution in [0.15, 0.2) is 12.7 Å². The van der Waals surface area contributed by atoms with E-state index in [0.29, 0.717) is 0 Å². The van der Waals surface area contributed by atoms with Crippen LogP contribution in [0.3, 0.4) is 0 Å². The van der Waals surface area contributed by atoms with Gasteiger partial charge < -0.3 is 5.11 Å². The lowest BCUT2D eigenvalue weighted by atomic mass is 10.1. The van der Waals surface area contributed by atoms with Crippen LogP contribution in [0, 0.1) is 0 Å². The van der Waals surface area contributed by atoms with Crippen LogP contribution in [0.2, 0.25) is 0 Å². The van der Waals surface area contributed by atoms with Crippen molar-refractivity contribution in [3.8, 4) is 0 Å². The third-order valence-electron chi connectivity index (χ3n) is 2.17. The van der Waals surface area contributed by atoms with E-state index in [1.165, 1.54) is 25.7 Å². The summed E-state index contributed by atoms with van der Waals surface area (Å²) < 4.78 is 0. The van der Waals surface area contributed by atoms with Crippen LogP contribution in [0.1, 0.15) is 51.9 Å². The van der Waals surface area contributed by atoms with Gasteiger partial charge in [0, 0.05) is 0 Å². The molecule has 0 saturated carbocycles. The summed E-state index contributed by atoms with van der Waals surface area (Å²) in [6.45, 7) is 5.71. The number of aliphatic hydroxyl groups is 1. The van der Waals surface area contributed by atoms with E-state index in [1.54, 1.807) is 0 Å². The van der Waals surface area contributed by atoms with Gasteiger partial charge in [-0.15, -0.1) is 6.58 Å². The number of aliphatic hydroxyl groups excluding tert-OH is 1. The molecule has 72 valence electrons. The first kappa shape index (κ1) is 11.7. The molecule has 1 unspecified atom stereocenters. The quantitative estimate of drug-likeness (QED) is 0.438. The fourth-order valence-corrected chi connectivity index (χ4v) is 1.23. The van der Waals surface area contributed by atoms with E-state index in [4.69, 9.17) is 0 Å². The van der Waals surface area contributed by atoms with E-state index < -0.39 is 0 Å². The smallest absolute Gasteiger partial charge is 0.0537 e. The summed E-state index contributed by atoms with van der Waals surface area (Å²) in [6, 6.07) is 0. The third kappa shape index (κ3) is 7.80. The fraction of sp³-hybridized carbons (Fsp3) is 0.818. The van der Waals surface area contributed by atoms with Crippen molar-refractivity contribution >= 4 is 0 Å². The van der Waals surface area contributed by atoms with Crippen LogP contribution in [0.25, 0.3) is 0 Å². The molecule has 1 atom stereocenters. The predicted molar refractivity (Wildman–Crippen MR) is 54.2 cm³/mol. The lowest BCUT2D eigenvalue weighted by molar-refractivity contribution is 0.156. The minimum absolute atomic E-state index is 0.0654. The average molecular weight is 170 g/mol. The Kier molecular flexibility index (Phi) is 8.57. The Bertz CT molecular complexity index is 99.2. The van der Waals surface area contributed by atoms with Crippen molar-refractivity contribution in [2.45, 2.75) is 58.0 Å². The normalized spacial score (nSPS) is 12.8. The van der Waals surface area contributed by atoms with E-state index >= 15 is 0 Å². The molecule has 0 aromatic carbocycles. The molecule has 0 saturated heterocycles. The molecule has 1 heteroatoms. The van der Waals surface area contributed by atoms with Crippen LogP contribution < -0.4 is 0 Å². The zero-order chi connectivity index (χ0) is 9.23. The molecule has 0 heterocycles. The summed E-state index contributed by atoms with van der Waals surface area (Å²) in [6.07, 6.45) is 9.88. The van der Waals surface area contributed by atoms with Gasteiger partial charge in [0.2, 0.25) is 0 Å². The maximum absolute atomic E-state index is 9.24. The summed E-state index contributed by atoms with van der Waals surface area (Å²) in [5, 5.41) is 9.24. The topological polar surface area (TPSA) is 20.2 Å². The van der Waals surface area contributed by atoms with Gasteiger partial charge in [-0.25, -0.2) is 0 Å². The second-order valence-electron chi connectivity index (χ2n) is 3.34. The standard InChI is InChI=1S/C11H22O/c1-3-5-6-7-8-9-10-11(12)4-2/h3,11-12H,1,4-10H2,2H3. The highest BCUT2D eigenvalue weighted by Gasteiger charge is 1.98. The van der Waals surface area contributed by atoms with Crippen LogP contribution in [-0.4, -0.2) is 11.2 Å². The minimum atomic E-state index is -0.0654. The van der Waals surface area contributed by atoms with Crippen molar-refractivity contribution in [3.63, 3.8) is 0 Å². The highest BCUT2D eigenvalue weighted by molar-refractivity contribution is 4.65. The Morgan fingerprint density at radius 1 is 1.25 bits per heavy atom. The molecule has 1 nitrogen and oxygen atoms in total. The van der Waals surface area contributed by atoms with E-state index in [9.17, 15) is 5.11 Å². The molecule has 0 rings (SSSR count). The maximum Gasteiger partial charge on any atom is 0.0537 e. The van der Waals surface area contributed by atoms with Gasteiger partial charge in [0.05, 0.1) is 6.10 Å². The maximum atomic E-state index is 9.24. The van der Waals surface area contributed by atoms with Crippen molar-refractivity contribution in [2.75, 3.05) is 0 Å². The Labute approximate surface area is 76.5 Å². The van der Waals surface area contributed by atoms with E-state index in [1.807, 2.05) is 13.0 Å². The summed E-state index contributed by atoms with van der Waals surface area (Å²) in [7, 11) is 0. The van der Waals surface area contributed by atoms with E-state index in [2.05, 4.69) is 6.58 Å². The first-order chi connectivity index (χ1) is 5.81. The Morgan fingerprint density at radius 2 is 1.92 bits per heavy atom. The van der Waals surface area contributed by atoms with Gasteiger partial charge in [-0.05, 0) is 25.7 Å². The SMILES string of the molecule is C=CCCCCCCC(O)CC. The number of hydrogen-bond donors (Lipinski definition) is 1. The van der Waals surface area contributed by atoms with E-state index in [-0.39, 0.29) is 6.10 Å². The largest absolute Gasteiger partial charge is 0.393 e. The first-order valence-corrected chi connectivity index (χ1v) is 5.10. The van der Waals surface area contributed by atoms with Crippen LogP contribution in [-0.2, 0) is 0 Å². The number of hydrogen-bond acceptors (Lipinski definition) is 1. The Morgan fingerprint density at radius 3 is 2.50 bits per heavy atom. The minimum Gasteiger partial charge on any atom is -0.393 e. The van der Waals surface area contributed by atoms with Gasteiger partial charge >= 0.3 is 0 Å². The van der Waals surface area contributed by atoms with Crippen LogP contribution >= 0.6 is 0 Å². The number of allylic oxidation sites excluding steroid dienone is 1. The summed E-state index contributed by atoms with van der Waals surface area (Å²) in [5.41, 5.74) is 0. The molecule has 0 aliphatic carbocycles. The molecule has 12 heavy (non-hydrogen) atoms. The van der Waals surface area contributed by atoms with Crippen LogP contribution in [0.5, 0.6) is 0 Å². The Balaban J connectivity index is 2.95. The monoisotopic (exact) mass is 170 g/mol. The van der Waals surface area contributed by atoms with Crippen molar-refractivity contribution in [1.29, 1.82) is 0 Å². The molecule has 0 aromatic rings. The second-order valence-corrected chi connectivity index (χ2v) is 3.34. The van der Waals surface area contributed by atoms with Gasteiger partial charge in [-0.1, -0.05) is 32.3 Å². The lowest BCUT2D eigenvalue weighted by Crippen LogP contribution is -2.03. The van der Waals surface area contributed by atoms with Crippen molar-refractivity contribution in [1.82, 2.24) is 0 Å². The third-order valence-corrected chi connectivity index (χ3v) is 2.17. The van der Waals surface area contributed by atoms with E-state index in [0.717, 1.165) is 19.3 Å². The van der Waals surface area contributed by atoms with Crippen molar-refractivity contribution in [3.05, 3.63) is 12.7 Å². The van der Waals surface area contributed by atoms with Crippen molar-refractivity contribution < 1.29 is 5.11 Å². The zero-order valence-corrected chi connectivity index (χ0v) is 8.26. The predicted octanol–water partition coefficient (Wildman–Crippen LogP) is 3.28. The molecule has 0 aliphatic rings. The Hall–Kier alpha value is -0.300. The molecule has 0 aliphatic heterocycles. The lowest BCUT2D eigenvalue weighted by Gasteiger charge is -2.05. The summed E-state index contributed by atoms with van der Waals surface area (Å²) in [4.78, 5) is 0. The molecule has 0 bridgehead atoms. The second kappa shape index (κ2) is 8.79. The molecular formula is C11H22O. The fourth-order valence-electron chi connectivity index (χ4n) is 1.23. The van der Waals surface area contributed by atoms with Gasteiger partial charge in [-0.3, -0.25) is 0 Å². The molecule has 0 aromatic heterocycles. The van der Waals surface area contributed by atoms with Gasteiger partial charge in [0.15, 0.2) is 0 Å². The van der Waals surface area contributed by atoms with Gasteiger partial charge in [0.1, 0.15) is 0 Å². The summed E-state index contributed by atoms with van der Waals surface area (Å²) in [5.74, 6) is 0. The van der Waals surface area contributed by atoms with Gasteiger partial charge in [-0.2, -0.15) is 0 Å². The molecule has 0 fully saturated rings. The zero-order valence-electron chi connectivity index (χ0n) is 8.26. The molecule has 0 spiro atoms. The average Bonchev–Trinajstić information content (AvgIpc) is 2.10. The van der Waals surface area contributed by atoms with Crippen molar-refractivity contribution in [2.24, 2.45) is 0 Å². The molecule has 1 N–H and O–H groups in total. The number of rotatable bonds is 8. The summed E-state index contributed by atoms with van der Waals surface area (Å²) >= 11 is 0. The highest BCUT2D eigenvalue weighted by Crippen LogP contribution is 2.08.